The molecule has 5 nitrogen and oxygen atoms in total. The number of nitrogens with zero attached hydrogens (tertiary/aromatic N) is 1. The molecule has 0 radical (unpaired) electrons. The average molecular weight is 352 g/mol. The minimum Gasteiger partial charge on any atom is -0.449 e. The number of ether oxygens (including phenoxy) is 1. The Bertz CT molecular complexity index is 727. The van der Waals surface area contributed by atoms with E-state index in [-0.39, 0.29) is 11.4 Å². The van der Waals surface area contributed by atoms with Crippen LogP contribution in [0.4, 0.5) is 0 Å². The van der Waals surface area contributed by atoms with Crippen molar-refractivity contribution in [2.24, 2.45) is 17.8 Å². The molecule has 1 amide bonds. The van der Waals surface area contributed by atoms with Crippen LogP contribution in [-0.2, 0) is 9.53 Å². The zero-order valence-corrected chi connectivity index (χ0v) is 15.0. The van der Waals surface area contributed by atoms with Crippen LogP contribution in [0, 0.1) is 29.1 Å². The Balaban J connectivity index is 1.37. The van der Waals surface area contributed by atoms with E-state index in [0.29, 0.717) is 11.1 Å². The second kappa shape index (κ2) is 6.42. The summed E-state index contributed by atoms with van der Waals surface area (Å²) < 4.78 is 5.35. The summed E-state index contributed by atoms with van der Waals surface area (Å²) >= 11 is 0. The molecule has 4 saturated carbocycles. The first-order valence-electron chi connectivity index (χ1n) is 9.49. The highest BCUT2D eigenvalue weighted by Crippen LogP contribution is 2.55. The molecule has 1 atom stereocenters. The van der Waals surface area contributed by atoms with Gasteiger partial charge < -0.3 is 10.1 Å². The number of amides is 1. The van der Waals surface area contributed by atoms with E-state index in [2.05, 4.69) is 5.32 Å². The van der Waals surface area contributed by atoms with E-state index in [4.69, 9.17) is 10.00 Å². The molecule has 0 aliphatic heterocycles. The predicted molar refractivity (Wildman–Crippen MR) is 95.1 cm³/mol. The Morgan fingerprint density at radius 2 is 1.65 bits per heavy atom. The van der Waals surface area contributed by atoms with Gasteiger partial charge in [-0.15, -0.1) is 0 Å². The number of nitriles is 1. The van der Waals surface area contributed by atoms with E-state index < -0.39 is 12.1 Å². The van der Waals surface area contributed by atoms with Gasteiger partial charge in [0.15, 0.2) is 6.10 Å². The lowest BCUT2D eigenvalue weighted by atomic mass is 9.53. The molecule has 0 saturated heterocycles. The molecule has 0 unspecified atom stereocenters. The van der Waals surface area contributed by atoms with Crippen molar-refractivity contribution in [2.75, 3.05) is 0 Å². The van der Waals surface area contributed by atoms with Crippen LogP contribution < -0.4 is 5.32 Å². The second-order valence-electron chi connectivity index (χ2n) is 8.42. The zero-order chi connectivity index (χ0) is 18.3. The standard InChI is InChI=1S/C21H24N2O3/c1-13(26-20(25)18-4-2-14(12-22)3-5-18)19(24)23-21-9-15-6-16(10-21)8-17(7-15)11-21/h2-5,13,15-17H,6-11H2,1H3,(H,23,24)/t13-,15?,16?,17?,21?/m0/s1. The highest BCUT2D eigenvalue weighted by molar-refractivity contribution is 5.92. The molecule has 5 rings (SSSR count). The Morgan fingerprint density at radius 1 is 1.12 bits per heavy atom. The normalized spacial score (nSPS) is 32.5. The Hall–Kier alpha value is -2.35. The minimum absolute atomic E-state index is 0.0824. The van der Waals surface area contributed by atoms with Crippen LogP contribution in [0.5, 0.6) is 0 Å². The third-order valence-electron chi connectivity index (χ3n) is 6.33. The first kappa shape index (κ1) is 17.1. The summed E-state index contributed by atoms with van der Waals surface area (Å²) in [6.07, 6.45) is 6.34. The number of carbonyl (C=O) groups excluding carboxylic acids is 2. The van der Waals surface area contributed by atoms with Crippen molar-refractivity contribution >= 4 is 11.9 Å². The van der Waals surface area contributed by atoms with E-state index in [1.807, 2.05) is 6.07 Å². The quantitative estimate of drug-likeness (QED) is 0.844. The van der Waals surface area contributed by atoms with E-state index in [1.165, 1.54) is 19.3 Å². The van der Waals surface area contributed by atoms with Crippen LogP contribution in [-0.4, -0.2) is 23.5 Å². The molecule has 26 heavy (non-hydrogen) atoms. The summed E-state index contributed by atoms with van der Waals surface area (Å²) in [5.41, 5.74) is 0.744. The van der Waals surface area contributed by atoms with Crippen molar-refractivity contribution in [3.63, 3.8) is 0 Å². The van der Waals surface area contributed by atoms with Crippen molar-refractivity contribution in [1.82, 2.24) is 5.32 Å². The molecule has 4 aliphatic rings. The van der Waals surface area contributed by atoms with Crippen LogP contribution in [0.3, 0.4) is 0 Å². The fourth-order valence-corrected chi connectivity index (χ4v) is 5.59. The molecule has 4 bridgehead atoms. The third-order valence-corrected chi connectivity index (χ3v) is 6.33. The van der Waals surface area contributed by atoms with E-state index in [1.54, 1.807) is 31.2 Å². The summed E-state index contributed by atoms with van der Waals surface area (Å²) in [7, 11) is 0. The van der Waals surface area contributed by atoms with Crippen LogP contribution in [0.25, 0.3) is 0 Å². The van der Waals surface area contributed by atoms with Gasteiger partial charge in [-0.3, -0.25) is 4.79 Å². The van der Waals surface area contributed by atoms with Gasteiger partial charge in [0.25, 0.3) is 5.91 Å². The summed E-state index contributed by atoms with van der Waals surface area (Å²) in [4.78, 5) is 24.9. The van der Waals surface area contributed by atoms with E-state index in [0.717, 1.165) is 37.0 Å². The highest BCUT2D eigenvalue weighted by atomic mass is 16.5. The van der Waals surface area contributed by atoms with Gasteiger partial charge in [0, 0.05) is 5.54 Å². The number of esters is 1. The first-order valence-corrected chi connectivity index (χ1v) is 9.49. The lowest BCUT2D eigenvalue weighted by molar-refractivity contribution is -0.134. The van der Waals surface area contributed by atoms with Crippen molar-refractivity contribution in [2.45, 2.75) is 57.1 Å². The topological polar surface area (TPSA) is 79.2 Å². The SMILES string of the molecule is C[C@H](OC(=O)c1ccc(C#N)cc1)C(=O)NC12CC3CC(CC(C3)C1)C2. The predicted octanol–water partition coefficient (Wildman–Crippen LogP) is 3.19. The van der Waals surface area contributed by atoms with Gasteiger partial charge in [-0.25, -0.2) is 4.79 Å². The minimum atomic E-state index is -0.828. The molecular formula is C21H24N2O3. The number of rotatable bonds is 4. The van der Waals surface area contributed by atoms with Gasteiger partial charge in [-0.05, 0) is 87.5 Å². The molecule has 0 heterocycles. The van der Waals surface area contributed by atoms with Gasteiger partial charge >= 0.3 is 5.97 Å². The molecule has 4 fully saturated rings. The van der Waals surface area contributed by atoms with Crippen LogP contribution in [0.2, 0.25) is 0 Å². The third kappa shape index (κ3) is 3.21. The molecule has 0 spiro atoms. The van der Waals surface area contributed by atoms with Crippen LogP contribution in [0.1, 0.15) is 61.4 Å². The maximum absolute atomic E-state index is 12.7. The van der Waals surface area contributed by atoms with Gasteiger partial charge in [-0.1, -0.05) is 0 Å². The van der Waals surface area contributed by atoms with Crippen molar-refractivity contribution in [1.29, 1.82) is 5.26 Å². The second-order valence-corrected chi connectivity index (χ2v) is 8.42. The van der Waals surface area contributed by atoms with Crippen molar-refractivity contribution in [3.05, 3.63) is 35.4 Å². The summed E-state index contributed by atoms with van der Waals surface area (Å²) in [5, 5.41) is 12.1. The molecular weight excluding hydrogens is 328 g/mol. The smallest absolute Gasteiger partial charge is 0.338 e. The summed E-state index contributed by atoms with van der Waals surface area (Å²) in [6, 6.07) is 8.23. The average Bonchev–Trinajstić information content (AvgIpc) is 2.60. The Morgan fingerprint density at radius 3 is 2.15 bits per heavy atom. The highest BCUT2D eigenvalue weighted by Gasteiger charge is 2.51. The first-order chi connectivity index (χ1) is 12.5. The van der Waals surface area contributed by atoms with Gasteiger partial charge in [0.2, 0.25) is 0 Å². The van der Waals surface area contributed by atoms with Gasteiger partial charge in [-0.2, -0.15) is 5.26 Å². The fourth-order valence-electron chi connectivity index (χ4n) is 5.59. The monoisotopic (exact) mass is 352 g/mol. The number of hydrogen-bond acceptors (Lipinski definition) is 4. The van der Waals surface area contributed by atoms with Crippen LogP contribution in [0.15, 0.2) is 24.3 Å². The van der Waals surface area contributed by atoms with Gasteiger partial charge in [0.1, 0.15) is 0 Å². The fraction of sp³-hybridized carbons (Fsp3) is 0.571. The largest absolute Gasteiger partial charge is 0.449 e. The molecule has 1 aromatic rings. The maximum atomic E-state index is 12.7. The summed E-state index contributed by atoms with van der Waals surface area (Å²) in [5.74, 6) is 1.51. The van der Waals surface area contributed by atoms with E-state index >= 15 is 0 Å². The Labute approximate surface area is 153 Å². The number of nitrogens with one attached hydrogen (secondary N) is 1. The van der Waals surface area contributed by atoms with Crippen molar-refractivity contribution in [3.8, 4) is 6.07 Å². The molecule has 136 valence electrons. The number of hydrogen-bond donors (Lipinski definition) is 1. The zero-order valence-electron chi connectivity index (χ0n) is 15.0. The van der Waals surface area contributed by atoms with Gasteiger partial charge in [0.05, 0.1) is 17.2 Å². The molecule has 1 aromatic carbocycles. The Kier molecular flexibility index (Phi) is 4.22. The number of carbonyl (C=O) groups is 2. The lowest BCUT2D eigenvalue weighted by Gasteiger charge is -2.57. The maximum Gasteiger partial charge on any atom is 0.338 e. The van der Waals surface area contributed by atoms with E-state index in [9.17, 15) is 9.59 Å². The molecule has 1 N–H and O–H groups in total. The number of benzene rings is 1. The van der Waals surface area contributed by atoms with Crippen molar-refractivity contribution < 1.29 is 14.3 Å². The molecule has 4 aliphatic carbocycles. The summed E-state index contributed by atoms with van der Waals surface area (Å²) in [6.45, 7) is 1.62. The molecule has 5 heteroatoms. The molecule has 0 aromatic heterocycles. The lowest BCUT2D eigenvalue weighted by Crippen LogP contribution is -2.61. The van der Waals surface area contributed by atoms with Crippen LogP contribution >= 0.6 is 0 Å².